The summed E-state index contributed by atoms with van der Waals surface area (Å²) in [6, 6.07) is 5.40. The van der Waals surface area contributed by atoms with E-state index in [0.29, 0.717) is 12.8 Å². The fourth-order valence-electron chi connectivity index (χ4n) is 2.13. The maximum atomic E-state index is 13.4. The van der Waals surface area contributed by atoms with Gasteiger partial charge in [-0.2, -0.15) is 0 Å². The molecule has 1 aromatic carbocycles. The number of nitrogens with one attached hydrogen (secondary N) is 2. The van der Waals surface area contributed by atoms with E-state index in [0.717, 1.165) is 12.5 Å². The van der Waals surface area contributed by atoms with E-state index in [2.05, 4.69) is 10.6 Å². The van der Waals surface area contributed by atoms with Crippen LogP contribution in [0.5, 0.6) is 0 Å². The Labute approximate surface area is 120 Å². The molecule has 0 atom stereocenters. The molecule has 6 nitrogen and oxygen atoms in total. The minimum Gasteiger partial charge on any atom is -0.480 e. The van der Waals surface area contributed by atoms with Crippen LogP contribution in [0, 0.1) is 5.82 Å². The van der Waals surface area contributed by atoms with Gasteiger partial charge in [-0.05, 0) is 31.4 Å². The number of rotatable bonds is 5. The Kier molecular flexibility index (Phi) is 4.21. The molecule has 2 rings (SSSR count). The Morgan fingerprint density at radius 3 is 2.43 bits per heavy atom. The summed E-state index contributed by atoms with van der Waals surface area (Å²) in [7, 11) is 0. The minimum absolute atomic E-state index is 0.165. The van der Waals surface area contributed by atoms with Crippen LogP contribution in [0.1, 0.15) is 29.6 Å². The highest BCUT2D eigenvalue weighted by atomic mass is 19.1. The smallest absolute Gasteiger partial charge is 0.329 e. The van der Waals surface area contributed by atoms with Gasteiger partial charge in [-0.25, -0.2) is 9.18 Å². The molecule has 1 saturated carbocycles. The average molecular weight is 294 g/mol. The average Bonchev–Trinajstić information content (AvgIpc) is 2.40. The Balaban J connectivity index is 1.88. The van der Waals surface area contributed by atoms with Crippen LogP contribution < -0.4 is 10.6 Å². The topological polar surface area (TPSA) is 95.5 Å². The lowest BCUT2D eigenvalue weighted by Gasteiger charge is -2.38. The largest absolute Gasteiger partial charge is 0.480 e. The zero-order chi connectivity index (χ0) is 15.5. The van der Waals surface area contributed by atoms with Gasteiger partial charge in [0.2, 0.25) is 5.91 Å². The maximum absolute atomic E-state index is 13.4. The predicted molar refractivity (Wildman–Crippen MR) is 71.1 cm³/mol. The summed E-state index contributed by atoms with van der Waals surface area (Å²) in [5.41, 5.74) is -1.39. The molecule has 1 fully saturated rings. The van der Waals surface area contributed by atoms with Crippen LogP contribution in [-0.2, 0) is 9.59 Å². The molecule has 0 bridgehead atoms. The molecule has 0 saturated heterocycles. The monoisotopic (exact) mass is 294 g/mol. The second-order valence-corrected chi connectivity index (χ2v) is 4.95. The third kappa shape index (κ3) is 3.18. The summed E-state index contributed by atoms with van der Waals surface area (Å²) >= 11 is 0. The van der Waals surface area contributed by atoms with Gasteiger partial charge in [-0.3, -0.25) is 9.59 Å². The number of carboxylic acid groups (broad SMARTS) is 1. The molecule has 0 spiro atoms. The fourth-order valence-corrected chi connectivity index (χ4v) is 2.13. The van der Waals surface area contributed by atoms with Gasteiger partial charge in [0.15, 0.2) is 0 Å². The molecule has 1 aliphatic rings. The van der Waals surface area contributed by atoms with Crippen LogP contribution in [0.25, 0.3) is 0 Å². The first kappa shape index (κ1) is 15.0. The number of carboxylic acids is 1. The van der Waals surface area contributed by atoms with Crippen molar-refractivity contribution in [1.29, 1.82) is 0 Å². The lowest BCUT2D eigenvalue weighted by Crippen LogP contribution is -2.60. The molecule has 0 heterocycles. The zero-order valence-electron chi connectivity index (χ0n) is 11.2. The van der Waals surface area contributed by atoms with Crippen LogP contribution in [0.15, 0.2) is 24.3 Å². The second-order valence-electron chi connectivity index (χ2n) is 4.95. The van der Waals surface area contributed by atoms with Crippen LogP contribution >= 0.6 is 0 Å². The first-order valence-electron chi connectivity index (χ1n) is 6.52. The quantitative estimate of drug-likeness (QED) is 0.744. The second kappa shape index (κ2) is 5.90. The highest BCUT2D eigenvalue weighted by Gasteiger charge is 2.45. The SMILES string of the molecule is O=C(CNC(=O)c1ccccc1F)NC1(C(=O)O)CCC1. The minimum atomic E-state index is -1.22. The molecule has 0 aromatic heterocycles. The van der Waals surface area contributed by atoms with Crippen LogP contribution in [0.3, 0.4) is 0 Å². The summed E-state index contributed by atoms with van der Waals surface area (Å²) in [6.07, 6.45) is 1.47. The molecule has 21 heavy (non-hydrogen) atoms. The van der Waals surface area contributed by atoms with Crippen molar-refractivity contribution in [2.75, 3.05) is 6.54 Å². The van der Waals surface area contributed by atoms with Crippen molar-refractivity contribution in [3.63, 3.8) is 0 Å². The van der Waals surface area contributed by atoms with Gasteiger partial charge >= 0.3 is 5.97 Å². The van der Waals surface area contributed by atoms with E-state index >= 15 is 0 Å². The van der Waals surface area contributed by atoms with Crippen molar-refractivity contribution in [3.05, 3.63) is 35.6 Å². The van der Waals surface area contributed by atoms with E-state index in [1.807, 2.05) is 0 Å². The van der Waals surface area contributed by atoms with Gasteiger partial charge in [-0.15, -0.1) is 0 Å². The molecule has 0 aliphatic heterocycles. The maximum Gasteiger partial charge on any atom is 0.329 e. The van der Waals surface area contributed by atoms with Gasteiger partial charge in [0.1, 0.15) is 11.4 Å². The first-order valence-corrected chi connectivity index (χ1v) is 6.52. The highest BCUT2D eigenvalue weighted by molar-refractivity contribution is 5.97. The third-order valence-electron chi connectivity index (χ3n) is 3.52. The van der Waals surface area contributed by atoms with E-state index in [9.17, 15) is 18.8 Å². The lowest BCUT2D eigenvalue weighted by molar-refractivity contribution is -0.151. The Morgan fingerprint density at radius 1 is 1.24 bits per heavy atom. The molecular formula is C14H15FN2O4. The Bertz CT molecular complexity index is 584. The number of benzene rings is 1. The third-order valence-corrected chi connectivity index (χ3v) is 3.52. The molecule has 7 heteroatoms. The van der Waals surface area contributed by atoms with E-state index < -0.39 is 35.7 Å². The molecule has 112 valence electrons. The van der Waals surface area contributed by atoms with Crippen molar-refractivity contribution in [3.8, 4) is 0 Å². The molecule has 1 aromatic rings. The van der Waals surface area contributed by atoms with Crippen molar-refractivity contribution in [1.82, 2.24) is 10.6 Å². The first-order chi connectivity index (χ1) is 9.94. The predicted octanol–water partition coefficient (Wildman–Crippen LogP) is 0.679. The van der Waals surface area contributed by atoms with Crippen molar-refractivity contribution >= 4 is 17.8 Å². The Morgan fingerprint density at radius 2 is 1.90 bits per heavy atom. The number of aliphatic carboxylic acids is 1. The van der Waals surface area contributed by atoms with Gasteiger partial charge in [-0.1, -0.05) is 12.1 Å². The number of carbonyl (C=O) groups excluding carboxylic acids is 2. The van der Waals surface area contributed by atoms with Gasteiger partial charge in [0.25, 0.3) is 5.91 Å². The van der Waals surface area contributed by atoms with Gasteiger partial charge in [0, 0.05) is 0 Å². The van der Waals surface area contributed by atoms with Gasteiger partial charge in [0.05, 0.1) is 12.1 Å². The molecule has 0 radical (unpaired) electrons. The fraction of sp³-hybridized carbons (Fsp3) is 0.357. The highest BCUT2D eigenvalue weighted by Crippen LogP contribution is 2.31. The molecule has 2 amide bonds. The normalized spacial score (nSPS) is 15.7. The van der Waals surface area contributed by atoms with Crippen molar-refractivity contribution in [2.24, 2.45) is 0 Å². The standard InChI is InChI=1S/C14H15FN2O4/c15-10-5-2-1-4-9(10)12(19)16-8-11(18)17-14(13(20)21)6-3-7-14/h1-2,4-5H,3,6-8H2,(H,16,19)(H,17,18)(H,20,21). The van der Waals surface area contributed by atoms with Crippen molar-refractivity contribution < 1.29 is 23.9 Å². The number of halogens is 1. The summed E-state index contributed by atoms with van der Waals surface area (Å²) in [6.45, 7) is -0.401. The molecule has 1 aliphatic carbocycles. The molecule has 3 N–H and O–H groups in total. The van der Waals surface area contributed by atoms with Crippen LogP contribution in [-0.4, -0.2) is 35.0 Å². The summed E-state index contributed by atoms with van der Waals surface area (Å²) in [4.78, 5) is 34.5. The number of amides is 2. The van der Waals surface area contributed by atoms with E-state index in [1.165, 1.54) is 18.2 Å². The zero-order valence-corrected chi connectivity index (χ0v) is 11.2. The van der Waals surface area contributed by atoms with Crippen LogP contribution in [0.2, 0.25) is 0 Å². The van der Waals surface area contributed by atoms with Crippen LogP contribution in [0.4, 0.5) is 4.39 Å². The number of carbonyl (C=O) groups is 3. The summed E-state index contributed by atoms with van der Waals surface area (Å²) < 4.78 is 13.4. The summed E-state index contributed by atoms with van der Waals surface area (Å²) in [5, 5.41) is 13.7. The van der Waals surface area contributed by atoms with E-state index in [1.54, 1.807) is 0 Å². The Hall–Kier alpha value is -2.44. The van der Waals surface area contributed by atoms with E-state index in [-0.39, 0.29) is 5.56 Å². The van der Waals surface area contributed by atoms with Gasteiger partial charge < -0.3 is 15.7 Å². The summed E-state index contributed by atoms with van der Waals surface area (Å²) in [5.74, 6) is -3.10. The van der Waals surface area contributed by atoms with E-state index in [4.69, 9.17) is 5.11 Å². The number of hydrogen-bond acceptors (Lipinski definition) is 3. The lowest BCUT2D eigenvalue weighted by atomic mass is 9.77. The molecule has 0 unspecified atom stereocenters. The number of hydrogen-bond donors (Lipinski definition) is 3. The molecular weight excluding hydrogens is 279 g/mol. The van der Waals surface area contributed by atoms with Crippen molar-refractivity contribution in [2.45, 2.75) is 24.8 Å².